The van der Waals surface area contributed by atoms with Gasteiger partial charge in [-0.2, -0.15) is 5.10 Å². The maximum absolute atomic E-state index is 12.8. The number of carbonyl (C=O) groups excluding carboxylic acids is 2. The Morgan fingerprint density at radius 1 is 0.811 bits per heavy atom. The molecule has 10 heteroatoms. The van der Waals surface area contributed by atoms with Crippen molar-refractivity contribution in [3.63, 3.8) is 0 Å². The molecule has 0 unspecified atom stereocenters. The Balaban J connectivity index is 1.65. The van der Waals surface area contributed by atoms with Gasteiger partial charge in [-0.25, -0.2) is 10.2 Å². The molecule has 0 aliphatic heterocycles. The number of hydrogen-bond donors (Lipinski definition) is 1. The minimum Gasteiger partial charge on any atom is -0.493 e. The number of benzene rings is 3. The Kier molecular flexibility index (Phi) is 9.31. The molecule has 0 bridgehead atoms. The van der Waals surface area contributed by atoms with Crippen LogP contribution in [0.25, 0.3) is 0 Å². The summed E-state index contributed by atoms with van der Waals surface area (Å²) in [5.41, 5.74) is 4.12. The van der Waals surface area contributed by atoms with Crippen molar-refractivity contribution in [2.75, 3.05) is 35.0 Å². The number of rotatable bonds is 11. The van der Waals surface area contributed by atoms with E-state index in [9.17, 15) is 9.59 Å². The van der Waals surface area contributed by atoms with Gasteiger partial charge in [0, 0.05) is 0 Å². The van der Waals surface area contributed by atoms with Gasteiger partial charge in [-0.3, -0.25) is 4.79 Å². The van der Waals surface area contributed by atoms with Gasteiger partial charge < -0.3 is 28.4 Å². The Hall–Kier alpha value is -4.73. The zero-order chi connectivity index (χ0) is 26.8. The number of amides is 1. The van der Waals surface area contributed by atoms with Gasteiger partial charge in [0.1, 0.15) is 5.75 Å². The summed E-state index contributed by atoms with van der Waals surface area (Å²) in [5, 5.41) is 3.94. The summed E-state index contributed by atoms with van der Waals surface area (Å²) >= 11 is 0. The normalized spacial score (nSPS) is 10.5. The second kappa shape index (κ2) is 12.8. The average Bonchev–Trinajstić information content (AvgIpc) is 2.92. The Morgan fingerprint density at radius 3 is 2.11 bits per heavy atom. The van der Waals surface area contributed by atoms with E-state index in [0.717, 1.165) is 5.56 Å². The van der Waals surface area contributed by atoms with Crippen LogP contribution in [-0.2, 0) is 4.79 Å². The van der Waals surface area contributed by atoms with Crippen molar-refractivity contribution in [2.24, 2.45) is 5.10 Å². The van der Waals surface area contributed by atoms with Crippen LogP contribution < -0.4 is 33.8 Å². The zero-order valence-electron chi connectivity index (χ0n) is 21.2. The highest BCUT2D eigenvalue weighted by atomic mass is 16.6. The first-order valence-electron chi connectivity index (χ1n) is 11.1. The third kappa shape index (κ3) is 6.91. The second-order valence-electron chi connectivity index (χ2n) is 7.56. The molecule has 194 valence electrons. The van der Waals surface area contributed by atoms with Crippen molar-refractivity contribution in [2.45, 2.75) is 6.92 Å². The number of nitrogens with one attached hydrogen (secondary N) is 1. The van der Waals surface area contributed by atoms with Gasteiger partial charge in [0.15, 0.2) is 29.6 Å². The number of aryl methyl sites for hydroxylation is 1. The van der Waals surface area contributed by atoms with E-state index in [0.29, 0.717) is 34.3 Å². The van der Waals surface area contributed by atoms with E-state index in [1.165, 1.54) is 46.8 Å². The van der Waals surface area contributed by atoms with Crippen LogP contribution in [0.4, 0.5) is 0 Å². The molecule has 3 aromatic carbocycles. The van der Waals surface area contributed by atoms with Gasteiger partial charge in [-0.05, 0) is 54.4 Å². The topological polar surface area (TPSA) is 114 Å². The molecule has 1 N–H and O–H groups in total. The Morgan fingerprint density at radius 2 is 1.49 bits per heavy atom. The quantitative estimate of drug-likeness (QED) is 0.180. The van der Waals surface area contributed by atoms with Crippen molar-refractivity contribution in [1.82, 2.24) is 5.43 Å². The highest BCUT2D eigenvalue weighted by Crippen LogP contribution is 2.38. The highest BCUT2D eigenvalue weighted by Gasteiger charge is 2.19. The first kappa shape index (κ1) is 26.9. The van der Waals surface area contributed by atoms with E-state index in [2.05, 4.69) is 10.5 Å². The van der Waals surface area contributed by atoms with Crippen LogP contribution >= 0.6 is 0 Å². The van der Waals surface area contributed by atoms with Crippen LogP contribution in [0.15, 0.2) is 59.7 Å². The molecule has 37 heavy (non-hydrogen) atoms. The summed E-state index contributed by atoms with van der Waals surface area (Å²) in [7, 11) is 5.82. The van der Waals surface area contributed by atoms with Crippen LogP contribution in [0.3, 0.4) is 0 Å². The SMILES string of the molecule is COc1cc(/C=N\NC(=O)COc2ccccc2C)ccc1OC(=O)c1cc(OC)c(OC)c(OC)c1. The van der Waals surface area contributed by atoms with Crippen LogP contribution in [-0.4, -0.2) is 53.1 Å². The fraction of sp³-hybridized carbons (Fsp3) is 0.222. The van der Waals surface area contributed by atoms with Gasteiger partial charge in [0.05, 0.1) is 40.2 Å². The predicted octanol–water partition coefficient (Wildman–Crippen LogP) is 3.78. The summed E-state index contributed by atoms with van der Waals surface area (Å²) in [6.07, 6.45) is 1.43. The molecule has 0 atom stereocenters. The number of esters is 1. The zero-order valence-corrected chi connectivity index (χ0v) is 21.2. The maximum atomic E-state index is 12.8. The second-order valence-corrected chi connectivity index (χ2v) is 7.56. The third-order valence-electron chi connectivity index (χ3n) is 5.15. The predicted molar refractivity (Wildman–Crippen MR) is 136 cm³/mol. The number of carbonyl (C=O) groups is 2. The van der Waals surface area contributed by atoms with Crippen LogP contribution in [0.2, 0.25) is 0 Å². The van der Waals surface area contributed by atoms with E-state index >= 15 is 0 Å². The molecule has 0 heterocycles. The summed E-state index contributed by atoms with van der Waals surface area (Å²) in [5.74, 6) is 1.03. The molecule has 1 amide bonds. The van der Waals surface area contributed by atoms with Gasteiger partial charge >= 0.3 is 5.97 Å². The Labute approximate surface area is 214 Å². The van der Waals surface area contributed by atoms with E-state index in [1.807, 2.05) is 25.1 Å². The Bertz CT molecular complexity index is 1260. The highest BCUT2D eigenvalue weighted by molar-refractivity contribution is 5.93. The number of nitrogens with zero attached hydrogens (tertiary/aromatic N) is 1. The summed E-state index contributed by atoms with van der Waals surface area (Å²) < 4.78 is 32.2. The molecule has 0 saturated carbocycles. The standard InChI is InChI=1S/C27H28N2O8/c1-17-8-6-7-9-20(17)36-16-25(30)29-28-15-18-10-11-21(22(12-18)32-2)37-27(31)19-13-23(33-3)26(35-5)24(14-19)34-4/h6-15H,16H2,1-5H3,(H,29,30)/b28-15-. The van der Waals surface area contributed by atoms with Gasteiger partial charge in [0.25, 0.3) is 5.91 Å². The van der Waals surface area contributed by atoms with Gasteiger partial charge in [0.2, 0.25) is 5.75 Å². The van der Waals surface area contributed by atoms with Crippen LogP contribution in [0.1, 0.15) is 21.5 Å². The molecule has 0 radical (unpaired) electrons. The molecule has 0 fully saturated rings. The van der Waals surface area contributed by atoms with Gasteiger partial charge in [-0.15, -0.1) is 0 Å². The van der Waals surface area contributed by atoms with E-state index in [-0.39, 0.29) is 17.9 Å². The van der Waals surface area contributed by atoms with Gasteiger partial charge in [-0.1, -0.05) is 18.2 Å². The summed E-state index contributed by atoms with van der Waals surface area (Å²) in [6.45, 7) is 1.71. The smallest absolute Gasteiger partial charge is 0.343 e. The molecule has 0 spiro atoms. The molecular formula is C27H28N2O8. The van der Waals surface area contributed by atoms with Crippen molar-refractivity contribution < 1.29 is 38.0 Å². The van der Waals surface area contributed by atoms with E-state index < -0.39 is 11.9 Å². The first-order valence-corrected chi connectivity index (χ1v) is 11.1. The lowest BCUT2D eigenvalue weighted by Crippen LogP contribution is -2.24. The number of hydrogen-bond acceptors (Lipinski definition) is 9. The lowest BCUT2D eigenvalue weighted by Gasteiger charge is -2.14. The van der Waals surface area contributed by atoms with Crippen LogP contribution in [0.5, 0.6) is 34.5 Å². The van der Waals surface area contributed by atoms with Crippen LogP contribution in [0, 0.1) is 6.92 Å². The molecule has 10 nitrogen and oxygen atoms in total. The lowest BCUT2D eigenvalue weighted by molar-refractivity contribution is -0.123. The number of ether oxygens (including phenoxy) is 6. The average molecular weight is 509 g/mol. The molecule has 3 rings (SSSR count). The number of para-hydroxylation sites is 1. The first-order chi connectivity index (χ1) is 17.9. The van der Waals surface area contributed by atoms with E-state index in [1.54, 1.807) is 24.3 Å². The van der Waals surface area contributed by atoms with Crippen molar-refractivity contribution in [1.29, 1.82) is 0 Å². The molecule has 3 aromatic rings. The van der Waals surface area contributed by atoms with Crippen molar-refractivity contribution in [3.05, 3.63) is 71.3 Å². The number of methoxy groups -OCH3 is 4. The van der Waals surface area contributed by atoms with E-state index in [4.69, 9.17) is 28.4 Å². The lowest BCUT2D eigenvalue weighted by atomic mass is 10.1. The molecule has 0 aliphatic carbocycles. The van der Waals surface area contributed by atoms with Crippen molar-refractivity contribution in [3.8, 4) is 34.5 Å². The monoisotopic (exact) mass is 508 g/mol. The minimum absolute atomic E-state index is 0.179. The molecule has 0 aliphatic rings. The molecule has 0 saturated heterocycles. The molecule has 0 aromatic heterocycles. The number of hydrazone groups is 1. The summed E-state index contributed by atoms with van der Waals surface area (Å²) in [4.78, 5) is 24.8. The third-order valence-corrected chi connectivity index (χ3v) is 5.15. The fourth-order valence-electron chi connectivity index (χ4n) is 3.28. The maximum Gasteiger partial charge on any atom is 0.343 e. The summed E-state index contributed by atoms with van der Waals surface area (Å²) in [6, 6.07) is 15.2. The largest absolute Gasteiger partial charge is 0.493 e. The van der Waals surface area contributed by atoms with Crippen molar-refractivity contribution >= 4 is 18.1 Å². The minimum atomic E-state index is -0.653. The fourth-order valence-corrected chi connectivity index (χ4v) is 3.28. The molecular weight excluding hydrogens is 480 g/mol.